The average molecular weight is 262 g/mol. The van der Waals surface area contributed by atoms with Crippen molar-refractivity contribution in [1.29, 1.82) is 0 Å². The molecule has 19 heavy (non-hydrogen) atoms. The van der Waals surface area contributed by atoms with Gasteiger partial charge in [0, 0.05) is 17.9 Å². The molecule has 4 heteroatoms. The maximum absolute atomic E-state index is 12.2. The van der Waals surface area contributed by atoms with Crippen molar-refractivity contribution in [3.63, 3.8) is 0 Å². The number of benzene rings is 1. The molecule has 0 bridgehead atoms. The summed E-state index contributed by atoms with van der Waals surface area (Å²) in [6.07, 6.45) is 1.07. The van der Waals surface area contributed by atoms with Gasteiger partial charge in [-0.1, -0.05) is 18.2 Å². The highest BCUT2D eigenvalue weighted by molar-refractivity contribution is 5.89. The van der Waals surface area contributed by atoms with Crippen molar-refractivity contribution >= 4 is 11.8 Å². The Hall–Kier alpha value is -1.84. The molecule has 4 nitrogen and oxygen atoms in total. The van der Waals surface area contributed by atoms with Gasteiger partial charge in [0.2, 0.25) is 0 Å². The first-order valence-electron chi connectivity index (χ1n) is 6.62. The van der Waals surface area contributed by atoms with Crippen molar-refractivity contribution in [3.05, 3.63) is 29.8 Å². The molecule has 0 aliphatic carbocycles. The Morgan fingerprint density at radius 3 is 2.89 bits per heavy atom. The van der Waals surface area contributed by atoms with Crippen LogP contribution in [0.4, 0.5) is 0 Å². The minimum Gasteiger partial charge on any atom is -0.493 e. The van der Waals surface area contributed by atoms with Gasteiger partial charge in [0.1, 0.15) is 11.5 Å². The molecule has 1 aliphatic heterocycles. The van der Waals surface area contributed by atoms with Gasteiger partial charge in [0.25, 0.3) is 0 Å². The van der Waals surface area contributed by atoms with Gasteiger partial charge in [-0.15, -0.1) is 0 Å². The zero-order chi connectivity index (χ0) is 13.7. The number of rotatable bonds is 5. The fourth-order valence-corrected chi connectivity index (χ4v) is 2.31. The van der Waals surface area contributed by atoms with E-state index in [9.17, 15) is 9.59 Å². The molecular weight excluding hydrogens is 244 g/mol. The van der Waals surface area contributed by atoms with E-state index in [-0.39, 0.29) is 30.5 Å². The van der Waals surface area contributed by atoms with Crippen molar-refractivity contribution in [2.24, 2.45) is 0 Å². The SMILES string of the molecule is CCOC(=O)CCC(=O)C1CCOc2ccccc21. The third-order valence-electron chi connectivity index (χ3n) is 3.23. The fourth-order valence-electron chi connectivity index (χ4n) is 2.31. The lowest BCUT2D eigenvalue weighted by molar-refractivity contribution is -0.144. The number of ether oxygens (including phenoxy) is 2. The number of carbonyl (C=O) groups is 2. The van der Waals surface area contributed by atoms with Crippen LogP contribution in [0.3, 0.4) is 0 Å². The average Bonchev–Trinajstić information content (AvgIpc) is 2.44. The summed E-state index contributed by atoms with van der Waals surface area (Å²) in [5.74, 6) is 0.405. The van der Waals surface area contributed by atoms with Gasteiger partial charge in [-0.2, -0.15) is 0 Å². The smallest absolute Gasteiger partial charge is 0.306 e. The van der Waals surface area contributed by atoms with Crippen LogP contribution >= 0.6 is 0 Å². The Morgan fingerprint density at radius 1 is 1.32 bits per heavy atom. The number of para-hydroxylation sites is 1. The van der Waals surface area contributed by atoms with Crippen LogP contribution in [-0.4, -0.2) is 25.0 Å². The summed E-state index contributed by atoms with van der Waals surface area (Å²) in [5, 5.41) is 0. The summed E-state index contributed by atoms with van der Waals surface area (Å²) in [5.41, 5.74) is 0.933. The third-order valence-corrected chi connectivity index (χ3v) is 3.23. The lowest BCUT2D eigenvalue weighted by Gasteiger charge is -2.24. The molecule has 1 aliphatic rings. The standard InChI is InChI=1S/C15H18O4/c1-2-18-15(17)8-7-13(16)11-9-10-19-14-6-4-3-5-12(11)14/h3-6,11H,2,7-10H2,1H3. The van der Waals surface area contributed by atoms with Crippen LogP contribution in [0, 0.1) is 0 Å². The molecule has 0 amide bonds. The predicted octanol–water partition coefficient (Wildman–Crippen LogP) is 2.47. The third kappa shape index (κ3) is 3.34. The van der Waals surface area contributed by atoms with Crippen LogP contribution in [0.25, 0.3) is 0 Å². The number of ketones is 1. The van der Waals surface area contributed by atoms with Crippen molar-refractivity contribution < 1.29 is 19.1 Å². The summed E-state index contributed by atoms with van der Waals surface area (Å²) >= 11 is 0. The number of esters is 1. The zero-order valence-electron chi connectivity index (χ0n) is 11.1. The van der Waals surface area contributed by atoms with E-state index in [0.29, 0.717) is 19.6 Å². The van der Waals surface area contributed by atoms with Crippen molar-refractivity contribution in [1.82, 2.24) is 0 Å². The van der Waals surface area contributed by atoms with E-state index >= 15 is 0 Å². The Balaban J connectivity index is 1.99. The van der Waals surface area contributed by atoms with E-state index in [1.807, 2.05) is 24.3 Å². The van der Waals surface area contributed by atoms with Crippen LogP contribution < -0.4 is 4.74 Å². The summed E-state index contributed by atoms with van der Waals surface area (Å²) in [4.78, 5) is 23.5. The maximum Gasteiger partial charge on any atom is 0.306 e. The highest BCUT2D eigenvalue weighted by Gasteiger charge is 2.27. The summed E-state index contributed by atoms with van der Waals surface area (Å²) in [7, 11) is 0. The molecule has 1 aromatic rings. The minimum absolute atomic E-state index is 0.0869. The first-order valence-corrected chi connectivity index (χ1v) is 6.62. The number of Topliss-reactive ketones (excluding diaryl/α,β-unsaturated/α-hetero) is 1. The Bertz CT molecular complexity index is 467. The number of fused-ring (bicyclic) bond motifs is 1. The fraction of sp³-hybridized carbons (Fsp3) is 0.467. The topological polar surface area (TPSA) is 52.6 Å². The molecule has 0 N–H and O–H groups in total. The zero-order valence-corrected chi connectivity index (χ0v) is 11.1. The molecular formula is C15H18O4. The highest BCUT2D eigenvalue weighted by atomic mass is 16.5. The lowest BCUT2D eigenvalue weighted by Crippen LogP contribution is -2.22. The Labute approximate surface area is 112 Å². The molecule has 1 heterocycles. The molecule has 0 saturated carbocycles. The van der Waals surface area contributed by atoms with Gasteiger partial charge in [0.15, 0.2) is 0 Å². The monoisotopic (exact) mass is 262 g/mol. The van der Waals surface area contributed by atoms with E-state index in [1.54, 1.807) is 6.92 Å². The molecule has 1 aromatic carbocycles. The van der Waals surface area contributed by atoms with Crippen LogP contribution in [0.1, 0.15) is 37.7 Å². The summed E-state index contributed by atoms with van der Waals surface area (Å²) in [6.45, 7) is 2.66. The van der Waals surface area contributed by atoms with Crippen LogP contribution in [-0.2, 0) is 14.3 Å². The summed E-state index contributed by atoms with van der Waals surface area (Å²) in [6, 6.07) is 7.59. The first-order chi connectivity index (χ1) is 9.22. The predicted molar refractivity (Wildman–Crippen MR) is 70.2 cm³/mol. The second-order valence-corrected chi connectivity index (χ2v) is 4.50. The minimum atomic E-state index is -0.309. The summed E-state index contributed by atoms with van der Waals surface area (Å²) < 4.78 is 10.4. The maximum atomic E-state index is 12.2. The van der Waals surface area contributed by atoms with Crippen molar-refractivity contribution in [2.45, 2.75) is 32.1 Å². The van der Waals surface area contributed by atoms with E-state index in [2.05, 4.69) is 0 Å². The van der Waals surface area contributed by atoms with Crippen LogP contribution in [0.15, 0.2) is 24.3 Å². The number of carbonyl (C=O) groups excluding carboxylic acids is 2. The van der Waals surface area contributed by atoms with E-state index in [4.69, 9.17) is 9.47 Å². The first kappa shape index (κ1) is 13.6. The molecule has 1 unspecified atom stereocenters. The molecule has 0 spiro atoms. The van der Waals surface area contributed by atoms with Gasteiger partial charge in [-0.3, -0.25) is 9.59 Å². The van der Waals surface area contributed by atoms with Gasteiger partial charge in [-0.05, 0) is 19.4 Å². The molecule has 0 saturated heterocycles. The lowest BCUT2D eigenvalue weighted by atomic mass is 9.87. The molecule has 0 fully saturated rings. The molecule has 102 valence electrons. The van der Waals surface area contributed by atoms with Crippen molar-refractivity contribution in [2.75, 3.05) is 13.2 Å². The quantitative estimate of drug-likeness (QED) is 0.765. The van der Waals surface area contributed by atoms with Crippen LogP contribution in [0.5, 0.6) is 5.75 Å². The van der Waals surface area contributed by atoms with Gasteiger partial charge in [-0.25, -0.2) is 0 Å². The molecule has 0 aromatic heterocycles. The largest absolute Gasteiger partial charge is 0.493 e. The van der Waals surface area contributed by atoms with E-state index in [1.165, 1.54) is 0 Å². The normalized spacial score (nSPS) is 17.2. The van der Waals surface area contributed by atoms with E-state index in [0.717, 1.165) is 11.3 Å². The van der Waals surface area contributed by atoms with Gasteiger partial charge < -0.3 is 9.47 Å². The second kappa shape index (κ2) is 6.36. The van der Waals surface area contributed by atoms with E-state index < -0.39 is 0 Å². The Morgan fingerprint density at radius 2 is 2.11 bits per heavy atom. The van der Waals surface area contributed by atoms with Gasteiger partial charge in [0.05, 0.1) is 19.6 Å². The Kier molecular flexibility index (Phi) is 4.55. The molecule has 0 radical (unpaired) electrons. The number of hydrogen-bond acceptors (Lipinski definition) is 4. The van der Waals surface area contributed by atoms with Crippen molar-refractivity contribution in [3.8, 4) is 5.75 Å². The van der Waals surface area contributed by atoms with Crippen LogP contribution in [0.2, 0.25) is 0 Å². The number of hydrogen-bond donors (Lipinski definition) is 0. The van der Waals surface area contributed by atoms with Gasteiger partial charge >= 0.3 is 5.97 Å². The second-order valence-electron chi connectivity index (χ2n) is 4.50. The molecule has 1 atom stereocenters. The molecule has 2 rings (SSSR count). The highest BCUT2D eigenvalue weighted by Crippen LogP contribution is 2.34.